The number of aryl methyl sites for hydroxylation is 1. The molecular formula is C10H12N2O. The van der Waals surface area contributed by atoms with E-state index in [2.05, 4.69) is 17.2 Å². The summed E-state index contributed by atoms with van der Waals surface area (Å²) in [6, 6.07) is 2.02. The molecule has 0 saturated heterocycles. The number of carbonyl (C=O) groups excluding carboxylic acids is 1. The van der Waals surface area contributed by atoms with Crippen LogP contribution < -0.4 is 5.32 Å². The standard InChI is InChI=1S/C10H12N2O/c1-2-7-5-6-11-10-8(7)3-4-9(13)12-10/h5-6H,2-4H2,1H3,(H,11,12,13). The minimum absolute atomic E-state index is 0.0771. The molecule has 0 radical (unpaired) electrons. The molecule has 1 amide bonds. The lowest BCUT2D eigenvalue weighted by Crippen LogP contribution is -2.21. The molecule has 1 aliphatic rings. The molecule has 0 aliphatic carbocycles. The van der Waals surface area contributed by atoms with Gasteiger partial charge in [-0.2, -0.15) is 0 Å². The van der Waals surface area contributed by atoms with Crippen LogP contribution in [0, 0.1) is 0 Å². The number of aromatic nitrogens is 1. The lowest BCUT2D eigenvalue weighted by atomic mass is 9.99. The number of fused-ring (bicyclic) bond motifs is 1. The Kier molecular flexibility index (Phi) is 2.00. The number of hydrogen-bond donors (Lipinski definition) is 1. The highest BCUT2D eigenvalue weighted by Crippen LogP contribution is 2.23. The smallest absolute Gasteiger partial charge is 0.225 e. The number of rotatable bonds is 1. The number of nitrogens with one attached hydrogen (secondary N) is 1. The number of nitrogens with zero attached hydrogens (tertiary/aromatic N) is 1. The zero-order chi connectivity index (χ0) is 9.26. The van der Waals surface area contributed by atoms with E-state index >= 15 is 0 Å². The Bertz CT molecular complexity index is 347. The Labute approximate surface area is 77.2 Å². The Hall–Kier alpha value is -1.38. The van der Waals surface area contributed by atoms with E-state index in [0.29, 0.717) is 6.42 Å². The van der Waals surface area contributed by atoms with Crippen LogP contribution in [0.3, 0.4) is 0 Å². The molecule has 0 spiro atoms. The molecule has 0 bridgehead atoms. The molecule has 68 valence electrons. The Balaban J connectivity index is 2.45. The second-order valence-electron chi connectivity index (χ2n) is 3.20. The van der Waals surface area contributed by atoms with Crippen molar-refractivity contribution in [1.82, 2.24) is 4.98 Å². The van der Waals surface area contributed by atoms with E-state index in [-0.39, 0.29) is 5.91 Å². The van der Waals surface area contributed by atoms with E-state index in [1.54, 1.807) is 6.20 Å². The maximum Gasteiger partial charge on any atom is 0.225 e. The minimum Gasteiger partial charge on any atom is -0.310 e. The third-order valence-corrected chi connectivity index (χ3v) is 2.39. The molecule has 0 unspecified atom stereocenters. The van der Waals surface area contributed by atoms with Gasteiger partial charge in [0, 0.05) is 12.6 Å². The summed E-state index contributed by atoms with van der Waals surface area (Å²) in [6.07, 6.45) is 4.17. The van der Waals surface area contributed by atoms with Gasteiger partial charge < -0.3 is 5.32 Å². The molecule has 3 nitrogen and oxygen atoms in total. The van der Waals surface area contributed by atoms with Gasteiger partial charge in [0.05, 0.1) is 0 Å². The van der Waals surface area contributed by atoms with Crippen molar-refractivity contribution in [1.29, 1.82) is 0 Å². The van der Waals surface area contributed by atoms with Crippen molar-refractivity contribution in [2.75, 3.05) is 5.32 Å². The van der Waals surface area contributed by atoms with Gasteiger partial charge in [-0.25, -0.2) is 4.98 Å². The highest BCUT2D eigenvalue weighted by molar-refractivity contribution is 5.92. The highest BCUT2D eigenvalue weighted by Gasteiger charge is 2.17. The second-order valence-corrected chi connectivity index (χ2v) is 3.20. The van der Waals surface area contributed by atoms with Gasteiger partial charge in [-0.15, -0.1) is 0 Å². The van der Waals surface area contributed by atoms with Crippen molar-refractivity contribution in [3.8, 4) is 0 Å². The van der Waals surface area contributed by atoms with Gasteiger partial charge in [-0.05, 0) is 30.0 Å². The maximum atomic E-state index is 11.1. The van der Waals surface area contributed by atoms with Gasteiger partial charge in [-0.3, -0.25) is 4.79 Å². The van der Waals surface area contributed by atoms with Crippen LogP contribution in [0.5, 0.6) is 0 Å². The predicted molar refractivity (Wildman–Crippen MR) is 50.6 cm³/mol. The summed E-state index contributed by atoms with van der Waals surface area (Å²) in [5, 5.41) is 2.78. The molecule has 0 fully saturated rings. The topological polar surface area (TPSA) is 42.0 Å². The fourth-order valence-corrected chi connectivity index (χ4v) is 1.68. The fourth-order valence-electron chi connectivity index (χ4n) is 1.68. The summed E-state index contributed by atoms with van der Waals surface area (Å²) >= 11 is 0. The van der Waals surface area contributed by atoms with Crippen molar-refractivity contribution < 1.29 is 4.79 Å². The van der Waals surface area contributed by atoms with Gasteiger partial charge in [0.25, 0.3) is 0 Å². The van der Waals surface area contributed by atoms with Crippen molar-refractivity contribution in [2.45, 2.75) is 26.2 Å². The SMILES string of the molecule is CCc1ccnc2c1CCC(=O)N2. The average Bonchev–Trinajstić information content (AvgIpc) is 2.16. The summed E-state index contributed by atoms with van der Waals surface area (Å²) < 4.78 is 0. The molecule has 2 heterocycles. The average molecular weight is 176 g/mol. The van der Waals surface area contributed by atoms with Crippen molar-refractivity contribution in [3.05, 3.63) is 23.4 Å². The van der Waals surface area contributed by atoms with Crippen molar-refractivity contribution in [2.24, 2.45) is 0 Å². The fraction of sp³-hybridized carbons (Fsp3) is 0.400. The number of amides is 1. The van der Waals surface area contributed by atoms with Crippen LogP contribution in [0.4, 0.5) is 5.82 Å². The Morgan fingerprint density at radius 2 is 2.38 bits per heavy atom. The van der Waals surface area contributed by atoms with Crippen LogP contribution in [0.25, 0.3) is 0 Å². The first-order valence-corrected chi connectivity index (χ1v) is 4.58. The third kappa shape index (κ3) is 1.41. The largest absolute Gasteiger partial charge is 0.310 e. The number of pyridine rings is 1. The normalized spacial score (nSPS) is 15.0. The van der Waals surface area contributed by atoms with Crippen LogP contribution in [0.1, 0.15) is 24.5 Å². The first kappa shape index (κ1) is 8.23. The molecule has 3 heteroatoms. The second kappa shape index (κ2) is 3.17. The Morgan fingerprint density at radius 3 is 3.15 bits per heavy atom. The number of anilines is 1. The van der Waals surface area contributed by atoms with Gasteiger partial charge in [-0.1, -0.05) is 6.92 Å². The zero-order valence-electron chi connectivity index (χ0n) is 7.63. The molecule has 1 N–H and O–H groups in total. The van der Waals surface area contributed by atoms with Gasteiger partial charge in [0.2, 0.25) is 5.91 Å². The van der Waals surface area contributed by atoms with E-state index in [1.807, 2.05) is 6.07 Å². The molecule has 0 atom stereocenters. The molecule has 2 rings (SSSR count). The quantitative estimate of drug-likeness (QED) is 0.705. The predicted octanol–water partition coefficient (Wildman–Crippen LogP) is 1.53. The molecule has 1 aromatic rings. The van der Waals surface area contributed by atoms with E-state index in [4.69, 9.17) is 0 Å². The van der Waals surface area contributed by atoms with Gasteiger partial charge in [0.1, 0.15) is 5.82 Å². The molecule has 0 saturated carbocycles. The lowest BCUT2D eigenvalue weighted by molar-refractivity contribution is -0.116. The molecule has 0 aromatic carbocycles. The van der Waals surface area contributed by atoms with Crippen molar-refractivity contribution in [3.63, 3.8) is 0 Å². The minimum atomic E-state index is 0.0771. The molecule has 1 aromatic heterocycles. The van der Waals surface area contributed by atoms with Crippen LogP contribution in [0.2, 0.25) is 0 Å². The summed E-state index contributed by atoms with van der Waals surface area (Å²) in [6.45, 7) is 2.12. The summed E-state index contributed by atoms with van der Waals surface area (Å²) in [7, 11) is 0. The summed E-state index contributed by atoms with van der Waals surface area (Å²) in [5.74, 6) is 0.837. The van der Waals surface area contributed by atoms with E-state index < -0.39 is 0 Å². The number of carbonyl (C=O) groups is 1. The van der Waals surface area contributed by atoms with Gasteiger partial charge in [0.15, 0.2) is 0 Å². The highest BCUT2D eigenvalue weighted by atomic mass is 16.1. The lowest BCUT2D eigenvalue weighted by Gasteiger charge is -2.17. The molecule has 1 aliphatic heterocycles. The summed E-state index contributed by atoms with van der Waals surface area (Å²) in [5.41, 5.74) is 2.51. The van der Waals surface area contributed by atoms with E-state index in [9.17, 15) is 4.79 Å². The summed E-state index contributed by atoms with van der Waals surface area (Å²) in [4.78, 5) is 15.2. The first-order chi connectivity index (χ1) is 6.31. The van der Waals surface area contributed by atoms with E-state index in [0.717, 1.165) is 18.7 Å². The van der Waals surface area contributed by atoms with Crippen LogP contribution >= 0.6 is 0 Å². The molecular weight excluding hydrogens is 164 g/mol. The zero-order valence-corrected chi connectivity index (χ0v) is 7.63. The van der Waals surface area contributed by atoms with E-state index in [1.165, 1.54) is 11.1 Å². The number of hydrogen-bond acceptors (Lipinski definition) is 2. The third-order valence-electron chi connectivity index (χ3n) is 2.39. The Morgan fingerprint density at radius 1 is 1.54 bits per heavy atom. The van der Waals surface area contributed by atoms with Gasteiger partial charge >= 0.3 is 0 Å². The van der Waals surface area contributed by atoms with Crippen LogP contribution in [-0.2, 0) is 17.6 Å². The molecule has 13 heavy (non-hydrogen) atoms. The van der Waals surface area contributed by atoms with Crippen molar-refractivity contribution >= 4 is 11.7 Å². The van der Waals surface area contributed by atoms with Crippen LogP contribution in [-0.4, -0.2) is 10.9 Å². The maximum absolute atomic E-state index is 11.1. The monoisotopic (exact) mass is 176 g/mol. The van der Waals surface area contributed by atoms with Crippen LogP contribution in [0.15, 0.2) is 12.3 Å². The first-order valence-electron chi connectivity index (χ1n) is 4.58.